The summed E-state index contributed by atoms with van der Waals surface area (Å²) in [6.07, 6.45) is 4.64. The van der Waals surface area contributed by atoms with Crippen molar-refractivity contribution in [3.8, 4) is 11.1 Å². The van der Waals surface area contributed by atoms with Crippen LogP contribution in [0.15, 0.2) is 78.4 Å². The number of allylic oxidation sites excluding steroid dienone is 1. The van der Waals surface area contributed by atoms with Gasteiger partial charge in [-0.2, -0.15) is 0 Å². The van der Waals surface area contributed by atoms with E-state index in [0.717, 1.165) is 23.9 Å². The van der Waals surface area contributed by atoms with Crippen LogP contribution in [0.4, 0.5) is 5.69 Å². The zero-order valence-corrected chi connectivity index (χ0v) is 16.6. The maximum atomic E-state index is 2.40. The van der Waals surface area contributed by atoms with Crippen molar-refractivity contribution in [3.63, 3.8) is 0 Å². The minimum atomic E-state index is 0.844. The molecule has 0 unspecified atom stereocenters. The highest BCUT2D eigenvalue weighted by Crippen LogP contribution is 2.36. The zero-order valence-electron chi connectivity index (χ0n) is 16.6. The first-order valence-corrected chi connectivity index (χ1v) is 9.86. The van der Waals surface area contributed by atoms with Gasteiger partial charge in [-0.25, -0.2) is 0 Å². The summed E-state index contributed by atoms with van der Waals surface area (Å²) in [7, 11) is 4.55. The molecule has 1 aliphatic carbocycles. The van der Waals surface area contributed by atoms with Gasteiger partial charge < -0.3 is 0 Å². The van der Waals surface area contributed by atoms with Crippen LogP contribution in [0, 0.1) is 0 Å². The van der Waals surface area contributed by atoms with E-state index in [-0.39, 0.29) is 0 Å². The Morgan fingerprint density at radius 3 is 2.26 bits per heavy atom. The molecule has 0 N–H and O–H groups in total. The molecular weight excluding hydrogens is 326 g/mol. The average Bonchev–Trinajstić information content (AvgIpc) is 3.12. The lowest BCUT2D eigenvalue weighted by Crippen LogP contribution is -2.39. The molecule has 1 nitrogen and oxygen atoms in total. The van der Waals surface area contributed by atoms with Crippen LogP contribution in [-0.4, -0.2) is 14.1 Å². The van der Waals surface area contributed by atoms with Crippen LogP contribution in [0.2, 0.25) is 0 Å². The number of hydrogen-bond donors (Lipinski definition) is 0. The third-order valence-electron chi connectivity index (χ3n) is 5.71. The first-order chi connectivity index (χ1) is 13.1. The first kappa shape index (κ1) is 17.8. The number of rotatable bonds is 5. The first-order valence-electron chi connectivity index (χ1n) is 9.86. The molecule has 3 aromatic rings. The molecule has 0 bridgehead atoms. The Morgan fingerprint density at radius 2 is 1.56 bits per heavy atom. The number of benzene rings is 3. The lowest BCUT2D eigenvalue weighted by Gasteiger charge is -2.29. The van der Waals surface area contributed by atoms with Gasteiger partial charge in [-0.15, -0.1) is 0 Å². The quantitative estimate of drug-likeness (QED) is 0.461. The van der Waals surface area contributed by atoms with Gasteiger partial charge in [0.1, 0.15) is 12.2 Å². The second kappa shape index (κ2) is 7.17. The summed E-state index contributed by atoms with van der Waals surface area (Å²) in [6, 6.07) is 26.6. The summed E-state index contributed by atoms with van der Waals surface area (Å²) < 4.78 is 0.844. The van der Waals surface area contributed by atoms with E-state index in [1.165, 1.54) is 39.1 Å². The summed E-state index contributed by atoms with van der Waals surface area (Å²) in [6.45, 7) is 3.24. The average molecular weight is 355 g/mol. The fourth-order valence-electron chi connectivity index (χ4n) is 4.09. The fraction of sp³-hybridized carbons (Fsp3) is 0.231. The molecule has 1 heteroatoms. The SMILES string of the molecule is CCC1=Cc2c(cccc2-c2ccc([N+](C)(C)Cc3ccccc3)cc2)C1. The largest absolute Gasteiger partial charge is 0.292 e. The van der Waals surface area contributed by atoms with Gasteiger partial charge in [0.05, 0.1) is 14.1 Å². The zero-order chi connectivity index (χ0) is 18.9. The van der Waals surface area contributed by atoms with Gasteiger partial charge in [-0.05, 0) is 59.4 Å². The van der Waals surface area contributed by atoms with Gasteiger partial charge in [0, 0.05) is 5.56 Å². The third-order valence-corrected chi connectivity index (χ3v) is 5.71. The second-order valence-corrected chi connectivity index (χ2v) is 8.09. The molecule has 0 aromatic heterocycles. The van der Waals surface area contributed by atoms with Gasteiger partial charge in [0.25, 0.3) is 0 Å². The molecule has 27 heavy (non-hydrogen) atoms. The molecule has 3 aromatic carbocycles. The number of nitrogens with zero attached hydrogens (tertiary/aromatic N) is 1. The molecule has 4 rings (SSSR count). The summed E-state index contributed by atoms with van der Waals surface area (Å²) in [5.41, 5.74) is 9.79. The van der Waals surface area contributed by atoms with Crippen molar-refractivity contribution in [2.75, 3.05) is 14.1 Å². The normalized spacial score (nSPS) is 13.4. The maximum Gasteiger partial charge on any atom is 0.132 e. The van der Waals surface area contributed by atoms with E-state index in [0.29, 0.717) is 0 Å². The second-order valence-electron chi connectivity index (χ2n) is 8.09. The molecule has 0 spiro atoms. The number of hydrogen-bond acceptors (Lipinski definition) is 0. The van der Waals surface area contributed by atoms with Crippen LogP contribution < -0.4 is 4.48 Å². The van der Waals surface area contributed by atoms with Crippen LogP contribution in [0.25, 0.3) is 17.2 Å². The highest BCUT2D eigenvalue weighted by Gasteiger charge is 2.20. The molecule has 0 saturated carbocycles. The Morgan fingerprint density at radius 1 is 0.815 bits per heavy atom. The molecular formula is C26H28N+. The minimum absolute atomic E-state index is 0.844. The van der Waals surface area contributed by atoms with Crippen LogP contribution >= 0.6 is 0 Å². The Hall–Kier alpha value is -2.64. The molecule has 0 heterocycles. The number of fused-ring (bicyclic) bond motifs is 1. The van der Waals surface area contributed by atoms with Gasteiger partial charge >= 0.3 is 0 Å². The van der Waals surface area contributed by atoms with Crippen molar-refractivity contribution in [1.29, 1.82) is 0 Å². The summed E-state index contributed by atoms with van der Waals surface area (Å²) in [4.78, 5) is 0. The van der Waals surface area contributed by atoms with Crippen LogP contribution in [0.5, 0.6) is 0 Å². The third kappa shape index (κ3) is 3.61. The van der Waals surface area contributed by atoms with E-state index < -0.39 is 0 Å². The monoisotopic (exact) mass is 354 g/mol. The van der Waals surface area contributed by atoms with E-state index in [2.05, 4.69) is 99.9 Å². The highest BCUT2D eigenvalue weighted by atomic mass is 15.3. The maximum absolute atomic E-state index is 2.40. The van der Waals surface area contributed by atoms with Crippen LogP contribution in [0.3, 0.4) is 0 Å². The van der Waals surface area contributed by atoms with Crippen molar-refractivity contribution >= 4 is 11.8 Å². The lowest BCUT2D eigenvalue weighted by molar-refractivity contribution is 0.392. The van der Waals surface area contributed by atoms with E-state index in [1.807, 2.05) is 0 Å². The Labute approximate surface area is 163 Å². The van der Waals surface area contributed by atoms with Crippen molar-refractivity contribution in [2.45, 2.75) is 26.3 Å². The molecule has 136 valence electrons. The van der Waals surface area contributed by atoms with E-state index in [9.17, 15) is 0 Å². The van der Waals surface area contributed by atoms with E-state index >= 15 is 0 Å². The summed E-state index contributed by atoms with van der Waals surface area (Å²) >= 11 is 0. The van der Waals surface area contributed by atoms with Gasteiger partial charge in [-0.3, -0.25) is 4.48 Å². The smallest absolute Gasteiger partial charge is 0.132 e. The van der Waals surface area contributed by atoms with Crippen molar-refractivity contribution in [1.82, 2.24) is 4.48 Å². The Balaban J connectivity index is 1.62. The summed E-state index contributed by atoms with van der Waals surface area (Å²) in [5, 5.41) is 0. The Bertz CT molecular complexity index is 963. The topological polar surface area (TPSA) is 0 Å². The molecule has 0 amide bonds. The van der Waals surface area contributed by atoms with E-state index in [1.54, 1.807) is 0 Å². The predicted molar refractivity (Wildman–Crippen MR) is 118 cm³/mol. The van der Waals surface area contributed by atoms with E-state index in [4.69, 9.17) is 0 Å². The molecule has 0 radical (unpaired) electrons. The number of quaternary nitrogens is 1. The molecule has 0 fully saturated rings. The van der Waals surface area contributed by atoms with Crippen LogP contribution in [-0.2, 0) is 13.0 Å². The van der Waals surface area contributed by atoms with Crippen molar-refractivity contribution < 1.29 is 0 Å². The summed E-state index contributed by atoms with van der Waals surface area (Å²) in [5.74, 6) is 0. The molecule has 0 aliphatic heterocycles. The molecule has 1 aliphatic rings. The van der Waals surface area contributed by atoms with Crippen LogP contribution in [0.1, 0.15) is 30.0 Å². The van der Waals surface area contributed by atoms with Gasteiger partial charge in [0.15, 0.2) is 0 Å². The minimum Gasteiger partial charge on any atom is -0.292 e. The molecule has 0 saturated heterocycles. The standard InChI is InChI=1S/C26H28N/c1-4-20-17-23-11-8-12-25(26(23)18-20)22-13-15-24(16-14-22)27(2,3)19-21-9-6-5-7-10-21/h5-16,18H,4,17,19H2,1-3H3/q+1. The lowest BCUT2D eigenvalue weighted by atomic mass is 9.97. The predicted octanol–water partition coefficient (Wildman–Crippen LogP) is 6.47. The van der Waals surface area contributed by atoms with Crippen molar-refractivity contribution in [2.24, 2.45) is 0 Å². The molecule has 0 atom stereocenters. The highest BCUT2D eigenvalue weighted by molar-refractivity contribution is 5.81. The van der Waals surface area contributed by atoms with Gasteiger partial charge in [0.2, 0.25) is 0 Å². The fourth-order valence-corrected chi connectivity index (χ4v) is 4.09. The van der Waals surface area contributed by atoms with Gasteiger partial charge in [-0.1, -0.05) is 67.1 Å². The van der Waals surface area contributed by atoms with Crippen molar-refractivity contribution in [3.05, 3.63) is 95.1 Å². The Kier molecular flexibility index (Phi) is 4.72.